The molecule has 0 spiro atoms. The predicted octanol–water partition coefficient (Wildman–Crippen LogP) is 0.617. The van der Waals surface area contributed by atoms with E-state index in [0.717, 1.165) is 17.7 Å². The first-order valence-electron chi connectivity index (χ1n) is 1.73. The highest BCUT2D eigenvalue weighted by Crippen LogP contribution is 2.18. The lowest BCUT2D eigenvalue weighted by Crippen LogP contribution is -1.58. The van der Waals surface area contributed by atoms with Gasteiger partial charge in [-0.15, -0.1) is 0 Å². The quantitative estimate of drug-likeness (QED) is 0.302. The second-order valence-electron chi connectivity index (χ2n) is 1.33. The number of hydrogen-bond donors (Lipinski definition) is 0. The summed E-state index contributed by atoms with van der Waals surface area (Å²) in [5.41, 5.74) is 9.60. The van der Waals surface area contributed by atoms with Crippen LogP contribution < -0.4 is 0 Å². The van der Waals surface area contributed by atoms with E-state index in [1.54, 1.807) is 0 Å². The van der Waals surface area contributed by atoms with Crippen LogP contribution in [-0.4, -0.2) is 10.5 Å². The maximum absolute atomic E-state index is 7.90. The molecule has 1 aliphatic carbocycles. The van der Waals surface area contributed by atoms with Gasteiger partial charge in [0.1, 0.15) is 0 Å². The Hall–Kier alpha value is -0.880. The third-order valence-electron chi connectivity index (χ3n) is 0.785. The van der Waals surface area contributed by atoms with Crippen LogP contribution in [0.5, 0.6) is 0 Å². The highest BCUT2D eigenvalue weighted by Gasteiger charge is 2.30. The molecule has 0 saturated heterocycles. The molecule has 0 aromatic rings. The van der Waals surface area contributed by atoms with Gasteiger partial charge in [-0.25, -0.2) is 0 Å². The van der Waals surface area contributed by atoms with Crippen LogP contribution in [0, 0.1) is 0 Å². The zero-order chi connectivity index (χ0) is 4.57. The van der Waals surface area contributed by atoms with Crippen molar-refractivity contribution in [3.63, 3.8) is 0 Å². The van der Waals surface area contributed by atoms with E-state index in [4.69, 9.17) is 5.53 Å². The molecule has 0 N–H and O–H groups in total. The summed E-state index contributed by atoms with van der Waals surface area (Å²) >= 11 is 0. The smallest absolute Gasteiger partial charge is 0.299 e. The monoisotopic (exact) mass is 80.0 g/mol. The third-order valence-corrected chi connectivity index (χ3v) is 0.785. The van der Waals surface area contributed by atoms with Crippen LogP contribution in [0.15, 0.2) is 12.2 Å². The summed E-state index contributed by atoms with van der Waals surface area (Å²) in [7, 11) is 0. The second-order valence-corrected chi connectivity index (χ2v) is 1.33. The van der Waals surface area contributed by atoms with E-state index >= 15 is 0 Å². The Morgan fingerprint density at radius 1 is 1.83 bits per heavy atom. The molecule has 0 radical (unpaired) electrons. The maximum atomic E-state index is 7.90. The van der Waals surface area contributed by atoms with E-state index in [1.807, 2.05) is 0 Å². The Bertz CT molecular complexity index is 140. The number of allylic oxidation sites excluding steroid dienone is 1. The molecule has 0 aromatic carbocycles. The molecule has 0 atom stereocenters. The average Bonchev–Trinajstić information content (AvgIpc) is 2.19. The van der Waals surface area contributed by atoms with Gasteiger partial charge >= 0.3 is 0 Å². The molecule has 1 aliphatic rings. The summed E-state index contributed by atoms with van der Waals surface area (Å²) in [6.45, 7) is 3.53. The summed E-state index contributed by atoms with van der Waals surface area (Å²) in [6, 6.07) is 0. The van der Waals surface area contributed by atoms with Gasteiger partial charge in [0.15, 0.2) is 0 Å². The Labute approximate surface area is 35.7 Å². The zero-order valence-electron chi connectivity index (χ0n) is 3.31. The summed E-state index contributed by atoms with van der Waals surface area (Å²) in [6.07, 6.45) is 0.802. The number of rotatable bonds is 0. The molecule has 1 fully saturated rings. The van der Waals surface area contributed by atoms with Crippen molar-refractivity contribution >= 4 is 5.71 Å². The summed E-state index contributed by atoms with van der Waals surface area (Å²) in [4.78, 5) is 2.90. The van der Waals surface area contributed by atoms with Gasteiger partial charge in [0, 0.05) is 5.57 Å². The normalized spacial score (nSPS) is 17.3. The summed E-state index contributed by atoms with van der Waals surface area (Å²) in [5, 5.41) is 0. The molecular formula is C4H4N2. The van der Waals surface area contributed by atoms with Crippen molar-refractivity contribution in [2.45, 2.75) is 6.42 Å². The first kappa shape index (κ1) is 3.32. The fourth-order valence-corrected chi connectivity index (χ4v) is 0.264. The lowest BCUT2D eigenvalue weighted by atomic mass is 10.7. The Balaban J connectivity index is 2.93. The summed E-state index contributed by atoms with van der Waals surface area (Å²) in [5.74, 6) is 0. The minimum Gasteiger partial charge on any atom is -0.361 e. The van der Waals surface area contributed by atoms with Crippen LogP contribution in [-0.2, 0) is 0 Å². The molecular weight excluding hydrogens is 76.1 g/mol. The van der Waals surface area contributed by atoms with Crippen LogP contribution in [0.25, 0.3) is 5.53 Å². The molecule has 1 saturated carbocycles. The lowest BCUT2D eigenvalue weighted by molar-refractivity contribution is 0.000259. The van der Waals surface area contributed by atoms with E-state index < -0.39 is 0 Å². The molecule has 0 heterocycles. The predicted molar refractivity (Wildman–Crippen MR) is 22.4 cm³/mol. The summed E-state index contributed by atoms with van der Waals surface area (Å²) < 4.78 is 0. The standard InChI is InChI=1S/C4H4N2/c1-3-2-4(3)6-5/h1-2H2. The van der Waals surface area contributed by atoms with Crippen LogP contribution >= 0.6 is 0 Å². The van der Waals surface area contributed by atoms with Gasteiger partial charge in [0.2, 0.25) is 0 Å². The highest BCUT2D eigenvalue weighted by atomic mass is 14.9. The zero-order valence-corrected chi connectivity index (χ0v) is 3.31. The van der Waals surface area contributed by atoms with Gasteiger partial charge in [-0.05, 0) is 0 Å². The van der Waals surface area contributed by atoms with Crippen molar-refractivity contribution < 1.29 is 4.79 Å². The van der Waals surface area contributed by atoms with Crippen molar-refractivity contribution in [1.29, 1.82) is 0 Å². The van der Waals surface area contributed by atoms with E-state index in [1.165, 1.54) is 0 Å². The van der Waals surface area contributed by atoms with Gasteiger partial charge in [0.25, 0.3) is 5.71 Å². The molecule has 1 rings (SSSR count). The molecule has 30 valence electrons. The minimum atomic E-state index is 0.745. The van der Waals surface area contributed by atoms with Crippen molar-refractivity contribution in [3.8, 4) is 0 Å². The fraction of sp³-hybridized carbons (Fsp3) is 0.250. The van der Waals surface area contributed by atoms with Crippen molar-refractivity contribution in [2.75, 3.05) is 0 Å². The minimum absolute atomic E-state index is 0.745. The molecule has 6 heavy (non-hydrogen) atoms. The van der Waals surface area contributed by atoms with Gasteiger partial charge < -0.3 is 5.53 Å². The molecule has 0 bridgehead atoms. The van der Waals surface area contributed by atoms with E-state index in [2.05, 4.69) is 11.4 Å². The fourth-order valence-electron chi connectivity index (χ4n) is 0.264. The largest absolute Gasteiger partial charge is 0.361 e. The second kappa shape index (κ2) is 0.791. The molecule has 0 aromatic heterocycles. The topological polar surface area (TPSA) is 36.4 Å². The van der Waals surface area contributed by atoms with Crippen LogP contribution in [0.3, 0.4) is 0 Å². The molecule has 0 unspecified atom stereocenters. The first-order valence-corrected chi connectivity index (χ1v) is 1.73. The molecule has 2 heteroatoms. The molecule has 0 amide bonds. The van der Waals surface area contributed by atoms with Crippen LogP contribution in [0.2, 0.25) is 0 Å². The lowest BCUT2D eigenvalue weighted by Gasteiger charge is -1.38. The first-order chi connectivity index (χ1) is 2.84. The van der Waals surface area contributed by atoms with Gasteiger partial charge in [-0.3, -0.25) is 0 Å². The Morgan fingerprint density at radius 3 is 2.33 bits per heavy atom. The van der Waals surface area contributed by atoms with Gasteiger partial charge in [-0.1, -0.05) is 6.58 Å². The number of hydrogen-bond acceptors (Lipinski definition) is 0. The van der Waals surface area contributed by atoms with Crippen molar-refractivity contribution in [2.24, 2.45) is 0 Å². The molecule has 2 nitrogen and oxygen atoms in total. The van der Waals surface area contributed by atoms with Crippen LogP contribution in [0.4, 0.5) is 0 Å². The van der Waals surface area contributed by atoms with Gasteiger partial charge in [0.05, 0.1) is 6.42 Å². The van der Waals surface area contributed by atoms with Crippen LogP contribution in [0.1, 0.15) is 6.42 Å². The average molecular weight is 80.1 g/mol. The Morgan fingerprint density at radius 2 is 2.33 bits per heavy atom. The maximum Gasteiger partial charge on any atom is 0.299 e. The SMILES string of the molecule is C=C1CC1=[N+]=[N-]. The van der Waals surface area contributed by atoms with Gasteiger partial charge in [-0.2, -0.15) is 4.79 Å². The van der Waals surface area contributed by atoms with Crippen molar-refractivity contribution in [3.05, 3.63) is 17.7 Å². The molecule has 0 aliphatic heterocycles. The van der Waals surface area contributed by atoms with E-state index in [0.29, 0.717) is 0 Å². The van der Waals surface area contributed by atoms with E-state index in [9.17, 15) is 0 Å². The highest BCUT2D eigenvalue weighted by molar-refractivity contribution is 6.13. The van der Waals surface area contributed by atoms with Crippen molar-refractivity contribution in [1.82, 2.24) is 0 Å². The Kier molecular flexibility index (Phi) is 0.437. The number of nitrogens with zero attached hydrogens (tertiary/aromatic N) is 2. The van der Waals surface area contributed by atoms with E-state index in [-0.39, 0.29) is 0 Å². The third kappa shape index (κ3) is 0.277.